The molecule has 70 valence electrons. The number of hydrogen-bond donors (Lipinski definition) is 0. The van der Waals surface area contributed by atoms with Gasteiger partial charge in [0.05, 0.1) is 0 Å². The molecule has 1 rings (SSSR count). The Hall–Kier alpha value is -0.976. The van der Waals surface area contributed by atoms with Crippen LogP contribution in [0.15, 0.2) is 24.3 Å². The molecule has 1 aliphatic rings. The maximum Gasteiger partial charge on any atom is 0.00506 e. The van der Waals surface area contributed by atoms with Gasteiger partial charge in [0, 0.05) is 25.0 Å². The second kappa shape index (κ2) is 90.2. The van der Waals surface area contributed by atoms with E-state index in [2.05, 4.69) is 26.6 Å². The molecule has 0 amide bonds. The molecule has 14 heavy (non-hydrogen) atoms. The molecule has 2 radical (unpaired) electrons. The topological polar surface area (TPSA) is 79.6 Å². The minimum atomic E-state index is 0. The molecule has 0 saturated heterocycles. The van der Waals surface area contributed by atoms with Crippen LogP contribution in [0.2, 0.25) is 0 Å². The second-order valence-corrected chi connectivity index (χ2v) is 0.962. The molecule has 0 bridgehead atoms. The summed E-state index contributed by atoms with van der Waals surface area (Å²) >= 11 is 0. The van der Waals surface area contributed by atoms with Crippen LogP contribution in [0.4, 0.5) is 0 Å². The van der Waals surface area contributed by atoms with Crippen molar-refractivity contribution >= 4 is 0 Å². The van der Waals surface area contributed by atoms with Crippen molar-refractivity contribution in [2.24, 2.45) is 0 Å². The smallest absolute Gasteiger partial charge is 0.00506 e. The van der Waals surface area contributed by atoms with Gasteiger partial charge < -0.3 is 0 Å². The molecule has 0 N–H and O–H groups in total. The molecule has 0 atom stereocenters. The molecule has 0 spiro atoms. The summed E-state index contributed by atoms with van der Waals surface area (Å²) in [7, 11) is 0. The molecule has 0 aromatic carbocycles. The predicted molar refractivity (Wildman–Crippen MR) is 38.3 cm³/mol. The van der Waals surface area contributed by atoms with Crippen LogP contribution in [0.1, 0.15) is 0 Å². The van der Waals surface area contributed by atoms with Gasteiger partial charge in [-0.15, -0.1) is 0 Å². The number of rotatable bonds is 0. The third-order valence-corrected chi connectivity index (χ3v) is 0.556. The van der Waals surface area contributed by atoms with E-state index in [4.69, 9.17) is 18.6 Å². The molecular weight excluding hydrogens is 223 g/mol. The molecule has 0 heterocycles. The van der Waals surface area contributed by atoms with E-state index >= 15 is 0 Å². The quantitative estimate of drug-likeness (QED) is 0.440. The van der Waals surface area contributed by atoms with E-state index in [1.165, 1.54) is 0 Å². The molecular formula is C9H5O4V. The first-order valence-electron chi connectivity index (χ1n) is 2.48. The van der Waals surface area contributed by atoms with Crippen LogP contribution < -0.4 is 0 Å². The van der Waals surface area contributed by atoms with Gasteiger partial charge in [0.25, 0.3) is 0 Å². The fourth-order valence-corrected chi connectivity index (χ4v) is 0.321. The normalized spacial score (nSPS) is 6.86. The predicted octanol–water partition coefficient (Wildman–Crippen LogP) is 1.16. The standard InChI is InChI=1S/C5H5.4CO.V/c1-2-4-5-3-1;4*1-2;/h1-5H;;;;;. The molecule has 5 heteroatoms. The molecule has 4 nitrogen and oxygen atoms in total. The molecule has 0 unspecified atom stereocenters. The maximum atomic E-state index is 7.50. The van der Waals surface area contributed by atoms with Crippen LogP contribution in [0.25, 0.3) is 0 Å². The summed E-state index contributed by atoms with van der Waals surface area (Å²) in [6.45, 7) is 18.0. The van der Waals surface area contributed by atoms with E-state index in [0.29, 0.717) is 0 Å². The van der Waals surface area contributed by atoms with Crippen molar-refractivity contribution in [3.05, 3.63) is 57.3 Å². The Kier molecular flexibility index (Phi) is 188. The van der Waals surface area contributed by atoms with Crippen molar-refractivity contribution in [1.82, 2.24) is 0 Å². The molecule has 0 aromatic heterocycles. The van der Waals surface area contributed by atoms with Gasteiger partial charge >= 0.3 is 45.2 Å². The second-order valence-electron chi connectivity index (χ2n) is 0.962. The summed E-state index contributed by atoms with van der Waals surface area (Å²) in [5, 5.41) is 0. The molecule has 0 fully saturated rings. The van der Waals surface area contributed by atoms with Crippen molar-refractivity contribution in [3.63, 3.8) is 0 Å². The van der Waals surface area contributed by atoms with Crippen LogP contribution in [-0.2, 0) is 37.2 Å². The van der Waals surface area contributed by atoms with Gasteiger partial charge in [-0.2, -0.15) is 0 Å². The molecule has 1 aliphatic carbocycles. The average Bonchev–Trinajstić information content (AvgIpc) is 2.87. The first kappa shape index (κ1) is 29.2. The van der Waals surface area contributed by atoms with Crippen molar-refractivity contribution < 1.29 is 37.2 Å². The third-order valence-electron chi connectivity index (χ3n) is 0.556. The Labute approximate surface area is 94.8 Å². The SMILES string of the molecule is [C-]#[O+].[C-]#[O+].[C-]#[O+].[C-]#[O+].[CH]1C=CC=C1.[V]. The Morgan fingerprint density at radius 1 is 0.500 bits per heavy atom. The zero-order valence-corrected chi connectivity index (χ0v) is 8.36. The minimum absolute atomic E-state index is 0. The van der Waals surface area contributed by atoms with Gasteiger partial charge in [-0.25, -0.2) is 0 Å². The summed E-state index contributed by atoms with van der Waals surface area (Å²) in [6.07, 6.45) is 10.0. The van der Waals surface area contributed by atoms with Crippen LogP contribution >= 0.6 is 0 Å². The first-order valence-corrected chi connectivity index (χ1v) is 2.48. The van der Waals surface area contributed by atoms with Gasteiger partial charge in [-0.05, 0) is 0 Å². The first-order chi connectivity index (χ1) is 6.50. The monoisotopic (exact) mass is 228 g/mol. The van der Waals surface area contributed by atoms with Crippen molar-refractivity contribution in [2.75, 3.05) is 0 Å². The summed E-state index contributed by atoms with van der Waals surface area (Å²) in [4.78, 5) is 0. The Morgan fingerprint density at radius 2 is 0.714 bits per heavy atom. The minimum Gasteiger partial charge on any atom is -0.0767 e. The van der Waals surface area contributed by atoms with E-state index in [1.807, 2.05) is 30.7 Å². The maximum absolute atomic E-state index is 7.50. The fourth-order valence-electron chi connectivity index (χ4n) is 0.321. The summed E-state index contributed by atoms with van der Waals surface area (Å²) in [5.41, 5.74) is 0. The van der Waals surface area contributed by atoms with Crippen LogP contribution in [0.3, 0.4) is 0 Å². The van der Waals surface area contributed by atoms with Gasteiger partial charge in [0.2, 0.25) is 0 Å². The summed E-state index contributed by atoms with van der Waals surface area (Å²) < 4.78 is 30.0. The van der Waals surface area contributed by atoms with Crippen molar-refractivity contribution in [1.29, 1.82) is 0 Å². The Balaban J connectivity index is -0.0000000267. The third kappa shape index (κ3) is 68.4. The van der Waals surface area contributed by atoms with E-state index in [1.54, 1.807) is 0 Å². The van der Waals surface area contributed by atoms with E-state index in [-0.39, 0.29) is 18.6 Å². The zero-order valence-electron chi connectivity index (χ0n) is 6.97. The van der Waals surface area contributed by atoms with E-state index in [9.17, 15) is 0 Å². The fraction of sp³-hybridized carbons (Fsp3) is 0. The summed E-state index contributed by atoms with van der Waals surface area (Å²) in [5.74, 6) is 0. The van der Waals surface area contributed by atoms with Crippen molar-refractivity contribution in [2.45, 2.75) is 0 Å². The van der Waals surface area contributed by atoms with Crippen LogP contribution in [-0.4, -0.2) is 0 Å². The van der Waals surface area contributed by atoms with Crippen molar-refractivity contribution in [3.8, 4) is 0 Å². The molecule has 0 aliphatic heterocycles. The Morgan fingerprint density at radius 3 is 0.786 bits per heavy atom. The Bertz CT molecular complexity index is 164. The number of hydrogen-bond acceptors (Lipinski definition) is 0. The number of allylic oxidation sites excluding steroid dienone is 4. The van der Waals surface area contributed by atoms with Crippen LogP contribution in [0, 0.1) is 33.0 Å². The van der Waals surface area contributed by atoms with Gasteiger partial charge in [0.15, 0.2) is 0 Å². The van der Waals surface area contributed by atoms with Gasteiger partial charge in [-0.3, -0.25) is 0 Å². The van der Waals surface area contributed by atoms with Gasteiger partial charge in [0.1, 0.15) is 0 Å². The summed E-state index contributed by atoms with van der Waals surface area (Å²) in [6, 6.07) is 0. The average molecular weight is 228 g/mol. The molecule has 0 saturated carbocycles. The van der Waals surface area contributed by atoms with E-state index < -0.39 is 0 Å². The van der Waals surface area contributed by atoms with E-state index in [0.717, 1.165) is 0 Å². The largest absolute Gasteiger partial charge is 0.0767 e. The molecule has 0 aromatic rings. The van der Waals surface area contributed by atoms with Gasteiger partial charge in [-0.1, -0.05) is 24.3 Å². The van der Waals surface area contributed by atoms with Crippen LogP contribution in [0.5, 0.6) is 0 Å². The zero-order chi connectivity index (χ0) is 11.5.